The number of amides is 4. The van der Waals surface area contributed by atoms with E-state index in [1.807, 2.05) is 58.0 Å². The van der Waals surface area contributed by atoms with Gasteiger partial charge in [0.1, 0.15) is 0 Å². The molecule has 5 heterocycles. The van der Waals surface area contributed by atoms with Gasteiger partial charge in [-0.2, -0.15) is 0 Å². The molecule has 2 aromatic rings. The number of hydrogen-bond acceptors (Lipinski definition) is 11. The van der Waals surface area contributed by atoms with Crippen LogP contribution in [0.5, 0.6) is 11.5 Å². The number of hydrogen-bond donors (Lipinski definition) is 3. The zero-order valence-corrected chi connectivity index (χ0v) is 38.5. The van der Waals surface area contributed by atoms with Crippen LogP contribution in [0.3, 0.4) is 0 Å². The van der Waals surface area contributed by atoms with E-state index >= 15 is 0 Å². The number of sulfonamides is 1. The summed E-state index contributed by atoms with van der Waals surface area (Å²) in [5.74, 6) is -0.456. The second-order valence-corrected chi connectivity index (χ2v) is 24.2. The normalized spacial score (nSPS) is 28.3. The topological polar surface area (TPSA) is 192 Å². The van der Waals surface area contributed by atoms with Crippen molar-refractivity contribution in [3.63, 3.8) is 0 Å². The summed E-state index contributed by atoms with van der Waals surface area (Å²) < 4.78 is 49.8. The third-order valence-corrected chi connectivity index (χ3v) is 18.0. The van der Waals surface area contributed by atoms with Crippen molar-refractivity contribution in [2.24, 2.45) is 5.41 Å². The number of alkyl halides is 2. The van der Waals surface area contributed by atoms with Crippen molar-refractivity contribution >= 4 is 44.7 Å². The molecular weight excluding hydrogens is 905 g/mol. The van der Waals surface area contributed by atoms with E-state index in [4.69, 9.17) is 23.9 Å². The molecule has 0 unspecified atom stereocenters. The van der Waals surface area contributed by atoms with E-state index in [9.17, 15) is 27.6 Å². The van der Waals surface area contributed by atoms with Crippen molar-refractivity contribution in [1.29, 1.82) is 0 Å². The number of benzene rings is 1. The van der Waals surface area contributed by atoms with E-state index < -0.39 is 81.0 Å². The number of allylic oxidation sites excluding steroid dienone is 1. The predicted molar refractivity (Wildman–Crippen MR) is 220 cm³/mol. The van der Waals surface area contributed by atoms with Gasteiger partial charge in [-0.1, -0.05) is 20.8 Å². The Morgan fingerprint density at radius 2 is 1.90 bits per heavy atom. The van der Waals surface area contributed by atoms with E-state index in [0.29, 0.717) is 75.4 Å². The summed E-state index contributed by atoms with van der Waals surface area (Å²) in [4.78, 5) is 63.2. The molecular formula is C43H59IN5O10S-. The van der Waals surface area contributed by atoms with E-state index in [-0.39, 0.29) is 28.9 Å². The Hall–Kier alpha value is -3.71. The molecule has 4 aliphatic heterocycles. The van der Waals surface area contributed by atoms with Crippen LogP contribution in [0.2, 0.25) is 0 Å². The SMILES string of the molecule is COCCCOc1ccc2nc(C)c3c(c2c1)CC[C@]1(C[C@H]2C(=O)N[C@]4(C(=O)NS(=O)(=O)C5(C)CC5)[I-][C@H]4/C=C\CCCCC[C@H](NC(=O)OCC(C)(C)C)C(=O)N2C1)O3. The van der Waals surface area contributed by atoms with E-state index in [1.165, 1.54) is 4.90 Å². The van der Waals surface area contributed by atoms with Gasteiger partial charge < -0.3 is 9.47 Å². The first-order chi connectivity index (χ1) is 28.4. The number of fused-ring (bicyclic) bond motifs is 5. The molecule has 0 bridgehead atoms. The van der Waals surface area contributed by atoms with Crippen LogP contribution in [0.15, 0.2) is 30.4 Å². The number of carbonyl (C=O) groups is 4. The van der Waals surface area contributed by atoms with Gasteiger partial charge in [0.15, 0.2) is 0 Å². The van der Waals surface area contributed by atoms with Gasteiger partial charge in [0.2, 0.25) is 0 Å². The number of nitrogens with one attached hydrogen (secondary N) is 3. The van der Waals surface area contributed by atoms with Gasteiger partial charge in [-0.05, 0) is 6.07 Å². The molecule has 0 radical (unpaired) electrons. The number of methoxy groups -OCH3 is 1. The summed E-state index contributed by atoms with van der Waals surface area (Å²) in [6.45, 7) is 10.6. The molecule has 3 fully saturated rings. The molecule has 1 spiro atoms. The maximum absolute atomic E-state index is 14.9. The Morgan fingerprint density at radius 3 is 2.63 bits per heavy atom. The van der Waals surface area contributed by atoms with E-state index in [1.54, 1.807) is 14.0 Å². The molecule has 17 heteroatoms. The summed E-state index contributed by atoms with van der Waals surface area (Å²) in [6, 6.07) is 3.72. The molecule has 5 aliphatic rings. The van der Waals surface area contributed by atoms with Crippen LogP contribution in [0, 0.1) is 12.3 Å². The first-order valence-electron chi connectivity index (χ1n) is 21.1. The van der Waals surface area contributed by atoms with Crippen LogP contribution in [0.1, 0.15) is 103 Å². The quantitative estimate of drug-likeness (QED) is 0.103. The molecule has 1 saturated carbocycles. The number of rotatable bonds is 10. The minimum atomic E-state index is -3.98. The molecule has 3 N–H and O–H groups in total. The molecule has 4 amide bonds. The van der Waals surface area contributed by atoms with Gasteiger partial charge in [-0.25, -0.2) is 0 Å². The van der Waals surface area contributed by atoms with Crippen LogP contribution >= 0.6 is 0 Å². The fraction of sp³-hybridized carbons (Fsp3) is 0.651. The summed E-state index contributed by atoms with van der Waals surface area (Å²) in [5.41, 5.74) is 1.14. The van der Waals surface area contributed by atoms with Crippen molar-refractivity contribution < 1.29 is 67.7 Å². The predicted octanol–water partition coefficient (Wildman–Crippen LogP) is 1.57. The number of aromatic nitrogens is 1. The summed E-state index contributed by atoms with van der Waals surface area (Å²) >= 11 is -1.04. The van der Waals surface area contributed by atoms with Crippen LogP contribution in [0.25, 0.3) is 10.9 Å². The molecule has 60 heavy (non-hydrogen) atoms. The summed E-state index contributed by atoms with van der Waals surface area (Å²) in [5, 5.41) is 6.73. The van der Waals surface area contributed by atoms with Crippen LogP contribution in [0.4, 0.5) is 4.79 Å². The van der Waals surface area contributed by atoms with Gasteiger partial charge >= 0.3 is 302 Å². The van der Waals surface area contributed by atoms with Crippen molar-refractivity contribution in [3.8, 4) is 11.5 Å². The Morgan fingerprint density at radius 1 is 1.12 bits per heavy atom. The third kappa shape index (κ3) is 9.52. The van der Waals surface area contributed by atoms with Crippen LogP contribution < -0.4 is 46.0 Å². The summed E-state index contributed by atoms with van der Waals surface area (Å²) in [6.07, 6.45) is 9.27. The Labute approximate surface area is 363 Å². The van der Waals surface area contributed by atoms with Crippen molar-refractivity contribution in [1.82, 2.24) is 25.2 Å². The number of pyridine rings is 1. The first kappa shape index (κ1) is 44.3. The number of carbonyl (C=O) groups excluding carboxylic acids is 4. The van der Waals surface area contributed by atoms with Gasteiger partial charge in [-0.3, -0.25) is 0 Å². The second-order valence-electron chi connectivity index (χ2n) is 18.3. The molecule has 5 atom stereocenters. The fourth-order valence-electron chi connectivity index (χ4n) is 8.19. The first-order valence-corrected chi connectivity index (χ1v) is 24.9. The molecule has 1 aromatic carbocycles. The maximum atomic E-state index is 14.9. The number of halogens is 1. The van der Waals surface area contributed by atoms with E-state index in [2.05, 4.69) is 15.4 Å². The fourth-order valence-corrected chi connectivity index (χ4v) is 12.5. The molecule has 15 nitrogen and oxygen atoms in total. The molecule has 2 saturated heterocycles. The van der Waals surface area contributed by atoms with Gasteiger partial charge in [-0.15, -0.1) is 0 Å². The Kier molecular flexibility index (Phi) is 12.7. The Bertz CT molecular complexity index is 2160. The van der Waals surface area contributed by atoms with E-state index in [0.717, 1.165) is 35.7 Å². The number of aryl methyl sites for hydroxylation is 2. The van der Waals surface area contributed by atoms with Crippen LogP contribution in [-0.4, -0.2) is 105 Å². The van der Waals surface area contributed by atoms with Gasteiger partial charge in [0.05, 0.1) is 6.61 Å². The minimum absolute atomic E-state index is 0.0447. The van der Waals surface area contributed by atoms with Gasteiger partial charge in [0, 0.05) is 20.1 Å². The zero-order chi connectivity index (χ0) is 43.1. The second kappa shape index (κ2) is 17.2. The molecule has 330 valence electrons. The number of ether oxygens (including phenoxy) is 4. The molecule has 1 aromatic heterocycles. The van der Waals surface area contributed by atoms with Gasteiger partial charge in [0.25, 0.3) is 0 Å². The average molecular weight is 965 g/mol. The summed E-state index contributed by atoms with van der Waals surface area (Å²) in [7, 11) is -2.33. The van der Waals surface area contributed by atoms with Crippen molar-refractivity contribution in [2.45, 2.75) is 135 Å². The average Bonchev–Trinajstić information content (AvgIpc) is 4.09. The molecule has 7 rings (SSSR count). The number of nitrogens with zero attached hydrogens (tertiary/aromatic N) is 2. The Balaban J connectivity index is 1.21. The monoisotopic (exact) mass is 964 g/mol. The van der Waals surface area contributed by atoms with Crippen molar-refractivity contribution in [3.05, 3.63) is 41.6 Å². The van der Waals surface area contributed by atoms with Crippen LogP contribution in [-0.2, 0) is 40.3 Å². The molecule has 1 aliphatic carbocycles. The van der Waals surface area contributed by atoms with Crippen molar-refractivity contribution in [2.75, 3.05) is 33.5 Å². The third-order valence-electron chi connectivity index (χ3n) is 12.1. The zero-order valence-electron chi connectivity index (χ0n) is 35.5. The number of alkyl carbamates (subject to hydrolysis) is 1. The standard InChI is InChI=1S/C43H59IN5O10S/c1-27-35-29(30-23-28(15-16-31(30)45-27)57-22-12-21-56-6)17-18-42(59-35)24-33-36(50)47-43(38(52)48-60(54,55)41(5)19-20-41)34(44-43)14-11-9-7-8-10-13-32(37(51)49(33)25-42)46-39(53)58-26-40(2,3)4/h11,14-16,23,32-34H,7-10,12-13,17-22,24-26H2,1-6H3,(H,46,53)(H,47,50)(H,48,52)/q-1/b14-11-/t32-,33-,34-,42+,43+/m0/s1.